The molecule has 1 fully saturated rings. The minimum Gasteiger partial charge on any atom is -0.372 e. The molecule has 1 aliphatic carbocycles. The Balaban J connectivity index is 1.39. The lowest BCUT2D eigenvalue weighted by molar-refractivity contribution is -0.118. The molecule has 0 unspecified atom stereocenters. The number of benzene rings is 1. The Labute approximate surface area is 165 Å². The molecule has 0 saturated heterocycles. The third kappa shape index (κ3) is 5.99. The first kappa shape index (κ1) is 19.7. The summed E-state index contributed by atoms with van der Waals surface area (Å²) in [5.74, 6) is 2.16. The van der Waals surface area contributed by atoms with E-state index in [4.69, 9.17) is 4.52 Å². The first-order chi connectivity index (χ1) is 13.1. The molecular formula is C20H28N4O2S. The molecule has 146 valence electrons. The Morgan fingerprint density at radius 1 is 1.26 bits per heavy atom. The van der Waals surface area contributed by atoms with Gasteiger partial charge in [0.15, 0.2) is 5.82 Å². The molecule has 6 nitrogen and oxygen atoms in total. The van der Waals surface area contributed by atoms with Crippen molar-refractivity contribution in [3.63, 3.8) is 0 Å². The second-order valence-corrected chi connectivity index (χ2v) is 8.05. The summed E-state index contributed by atoms with van der Waals surface area (Å²) >= 11 is 1.48. The van der Waals surface area contributed by atoms with E-state index in [2.05, 4.69) is 51.7 Å². The van der Waals surface area contributed by atoms with Gasteiger partial charge in [0, 0.05) is 32.2 Å². The fourth-order valence-corrected chi connectivity index (χ4v) is 4.10. The van der Waals surface area contributed by atoms with Crippen molar-refractivity contribution in [2.45, 2.75) is 57.4 Å². The normalized spacial score (nSPS) is 14.9. The van der Waals surface area contributed by atoms with Crippen LogP contribution in [-0.2, 0) is 17.1 Å². The number of amides is 1. The predicted molar refractivity (Wildman–Crippen MR) is 109 cm³/mol. The SMILES string of the molecule is Cc1nc(CSCC(=O)NCc2ccc(N(C)C3CCCCC3)cc2)no1. The van der Waals surface area contributed by atoms with Crippen molar-refractivity contribution >= 4 is 23.4 Å². The summed E-state index contributed by atoms with van der Waals surface area (Å²) in [5, 5.41) is 6.78. The molecule has 0 aliphatic heterocycles. The van der Waals surface area contributed by atoms with Crippen molar-refractivity contribution in [2.24, 2.45) is 0 Å². The summed E-state index contributed by atoms with van der Waals surface area (Å²) in [7, 11) is 2.19. The fourth-order valence-electron chi connectivity index (χ4n) is 3.41. The van der Waals surface area contributed by atoms with Crippen molar-refractivity contribution in [1.82, 2.24) is 15.5 Å². The molecular weight excluding hydrogens is 360 g/mol. The molecule has 1 amide bonds. The molecule has 27 heavy (non-hydrogen) atoms. The summed E-state index contributed by atoms with van der Waals surface area (Å²) in [6.07, 6.45) is 6.62. The van der Waals surface area contributed by atoms with E-state index in [-0.39, 0.29) is 5.91 Å². The number of thioether (sulfide) groups is 1. The molecule has 1 aromatic carbocycles. The van der Waals surface area contributed by atoms with Crippen molar-refractivity contribution in [3.05, 3.63) is 41.5 Å². The second kappa shape index (κ2) is 9.78. The highest BCUT2D eigenvalue weighted by molar-refractivity contribution is 7.99. The van der Waals surface area contributed by atoms with Crippen molar-refractivity contribution in [2.75, 3.05) is 17.7 Å². The van der Waals surface area contributed by atoms with Gasteiger partial charge in [-0.25, -0.2) is 0 Å². The third-order valence-corrected chi connectivity index (χ3v) is 5.92. The highest BCUT2D eigenvalue weighted by Gasteiger charge is 2.18. The van der Waals surface area contributed by atoms with Crippen LogP contribution in [-0.4, -0.2) is 34.9 Å². The molecule has 1 aliphatic rings. The van der Waals surface area contributed by atoms with E-state index in [1.165, 1.54) is 49.6 Å². The molecule has 1 heterocycles. The van der Waals surface area contributed by atoms with Gasteiger partial charge < -0.3 is 14.7 Å². The van der Waals surface area contributed by atoms with Gasteiger partial charge in [0.2, 0.25) is 11.8 Å². The van der Waals surface area contributed by atoms with E-state index in [1.54, 1.807) is 6.92 Å². The van der Waals surface area contributed by atoms with Crippen LogP contribution in [0.3, 0.4) is 0 Å². The average molecular weight is 389 g/mol. The molecule has 7 heteroatoms. The number of nitrogens with zero attached hydrogens (tertiary/aromatic N) is 3. The Kier molecular flexibility index (Phi) is 7.15. The topological polar surface area (TPSA) is 71.3 Å². The number of rotatable bonds is 8. The van der Waals surface area contributed by atoms with Gasteiger partial charge >= 0.3 is 0 Å². The molecule has 0 atom stereocenters. The van der Waals surface area contributed by atoms with Gasteiger partial charge in [-0.2, -0.15) is 4.98 Å². The van der Waals surface area contributed by atoms with E-state index in [9.17, 15) is 4.79 Å². The second-order valence-electron chi connectivity index (χ2n) is 7.07. The van der Waals surface area contributed by atoms with Crippen LogP contribution in [0.1, 0.15) is 49.4 Å². The van der Waals surface area contributed by atoms with E-state index < -0.39 is 0 Å². The number of hydrogen-bond acceptors (Lipinski definition) is 6. The number of aryl methyl sites for hydroxylation is 1. The highest BCUT2D eigenvalue weighted by atomic mass is 32.2. The molecule has 1 saturated carbocycles. The van der Waals surface area contributed by atoms with Crippen LogP contribution in [0.15, 0.2) is 28.8 Å². The zero-order valence-electron chi connectivity index (χ0n) is 16.1. The number of hydrogen-bond donors (Lipinski definition) is 1. The molecule has 2 aromatic rings. The minimum atomic E-state index is 0.0172. The van der Waals surface area contributed by atoms with Crippen LogP contribution in [0, 0.1) is 6.92 Å². The molecule has 0 radical (unpaired) electrons. The first-order valence-electron chi connectivity index (χ1n) is 9.57. The summed E-state index contributed by atoms with van der Waals surface area (Å²) < 4.78 is 4.91. The minimum absolute atomic E-state index is 0.0172. The van der Waals surface area contributed by atoms with Gasteiger partial charge in [-0.1, -0.05) is 36.6 Å². The standard InChI is InChI=1S/C20H28N4O2S/c1-15-22-19(23-26-15)13-27-14-20(25)21-12-16-8-10-18(11-9-16)24(2)17-6-4-3-5-7-17/h8-11,17H,3-7,12-14H2,1-2H3,(H,21,25). The van der Waals surface area contributed by atoms with Gasteiger partial charge in [0.05, 0.1) is 11.5 Å². The number of aromatic nitrogens is 2. The maximum absolute atomic E-state index is 12.0. The van der Waals surface area contributed by atoms with Crippen LogP contribution in [0.25, 0.3) is 0 Å². The maximum Gasteiger partial charge on any atom is 0.230 e. The van der Waals surface area contributed by atoms with Crippen molar-refractivity contribution in [3.8, 4) is 0 Å². The Bertz CT molecular complexity index is 726. The maximum atomic E-state index is 12.0. The quantitative estimate of drug-likeness (QED) is 0.743. The molecule has 3 rings (SSSR count). The summed E-state index contributed by atoms with van der Waals surface area (Å²) in [6, 6.07) is 9.17. The predicted octanol–water partition coefficient (Wildman–Crippen LogP) is 3.70. The summed E-state index contributed by atoms with van der Waals surface area (Å²) in [6.45, 7) is 2.31. The number of nitrogens with one attached hydrogen (secondary N) is 1. The van der Waals surface area contributed by atoms with E-state index in [1.807, 2.05) is 0 Å². The lowest BCUT2D eigenvalue weighted by Crippen LogP contribution is -2.33. The summed E-state index contributed by atoms with van der Waals surface area (Å²) in [5.41, 5.74) is 2.37. The Hall–Kier alpha value is -2.02. The van der Waals surface area contributed by atoms with Crippen LogP contribution >= 0.6 is 11.8 Å². The number of carbonyl (C=O) groups is 1. The van der Waals surface area contributed by atoms with Crippen LogP contribution in [0.5, 0.6) is 0 Å². The Morgan fingerprint density at radius 2 is 2.00 bits per heavy atom. The summed E-state index contributed by atoms with van der Waals surface area (Å²) in [4.78, 5) is 18.5. The van der Waals surface area contributed by atoms with Crippen molar-refractivity contribution in [1.29, 1.82) is 0 Å². The fraction of sp³-hybridized carbons (Fsp3) is 0.550. The number of anilines is 1. The highest BCUT2D eigenvalue weighted by Crippen LogP contribution is 2.26. The van der Waals surface area contributed by atoms with Gasteiger partial charge in [0.1, 0.15) is 0 Å². The zero-order chi connectivity index (χ0) is 19.1. The van der Waals surface area contributed by atoms with Crippen LogP contribution in [0.4, 0.5) is 5.69 Å². The first-order valence-corrected chi connectivity index (χ1v) is 10.7. The van der Waals surface area contributed by atoms with Crippen LogP contribution in [0.2, 0.25) is 0 Å². The molecule has 1 N–H and O–H groups in total. The molecule has 0 bridgehead atoms. The van der Waals surface area contributed by atoms with Gasteiger partial charge in [-0.15, -0.1) is 11.8 Å². The molecule has 1 aromatic heterocycles. The monoisotopic (exact) mass is 388 g/mol. The smallest absolute Gasteiger partial charge is 0.230 e. The van der Waals surface area contributed by atoms with Gasteiger partial charge in [-0.3, -0.25) is 4.79 Å². The molecule has 0 spiro atoms. The largest absolute Gasteiger partial charge is 0.372 e. The van der Waals surface area contributed by atoms with E-state index in [0.29, 0.717) is 35.8 Å². The lowest BCUT2D eigenvalue weighted by atomic mass is 9.94. The third-order valence-electron chi connectivity index (χ3n) is 4.99. The zero-order valence-corrected chi connectivity index (χ0v) is 16.9. The van der Waals surface area contributed by atoms with Crippen LogP contribution < -0.4 is 10.2 Å². The van der Waals surface area contributed by atoms with Crippen molar-refractivity contribution < 1.29 is 9.32 Å². The van der Waals surface area contributed by atoms with E-state index >= 15 is 0 Å². The number of carbonyl (C=O) groups excluding carboxylic acids is 1. The average Bonchev–Trinajstić information content (AvgIpc) is 3.12. The van der Waals surface area contributed by atoms with Gasteiger partial charge in [-0.05, 0) is 30.5 Å². The Morgan fingerprint density at radius 3 is 2.67 bits per heavy atom. The van der Waals surface area contributed by atoms with Gasteiger partial charge in [0.25, 0.3) is 0 Å². The van der Waals surface area contributed by atoms with E-state index in [0.717, 1.165) is 5.56 Å². The lowest BCUT2D eigenvalue weighted by Gasteiger charge is -2.33.